The third kappa shape index (κ3) is 5.80. The van der Waals surface area contributed by atoms with Crippen LogP contribution in [0.4, 0.5) is 11.5 Å². The summed E-state index contributed by atoms with van der Waals surface area (Å²) in [5.41, 5.74) is 6.45. The molecule has 2 aromatic rings. The Kier molecular flexibility index (Phi) is 8.32. The molecule has 1 aromatic heterocycles. The number of nitrogens with two attached hydrogens (primary N) is 1. The van der Waals surface area contributed by atoms with Crippen LogP contribution in [-0.4, -0.2) is 62.1 Å². The van der Waals surface area contributed by atoms with Gasteiger partial charge < -0.3 is 25.6 Å². The van der Waals surface area contributed by atoms with Crippen molar-refractivity contribution in [3.05, 3.63) is 40.9 Å². The molecular weight excluding hydrogens is 462 g/mol. The minimum atomic E-state index is 0.236. The van der Waals surface area contributed by atoms with E-state index in [0.717, 1.165) is 69.9 Å². The van der Waals surface area contributed by atoms with Gasteiger partial charge >= 0.3 is 0 Å². The third-order valence-corrected chi connectivity index (χ3v) is 7.83. The van der Waals surface area contributed by atoms with Gasteiger partial charge in [-0.1, -0.05) is 11.6 Å². The second kappa shape index (κ2) is 11.4. The summed E-state index contributed by atoms with van der Waals surface area (Å²) in [6.45, 7) is 7.29. The topological polar surface area (TPSA) is 103 Å². The predicted molar refractivity (Wildman–Crippen MR) is 140 cm³/mol. The number of halogens is 1. The molecule has 8 nitrogen and oxygen atoms in total. The van der Waals surface area contributed by atoms with Gasteiger partial charge in [-0.25, -0.2) is 0 Å². The zero-order valence-electron chi connectivity index (χ0n) is 20.7. The third-order valence-electron chi connectivity index (χ3n) is 7.52. The first-order chi connectivity index (χ1) is 17.0. The smallest absolute Gasteiger partial charge is 0.233 e. The van der Waals surface area contributed by atoms with Crippen LogP contribution in [0.2, 0.25) is 5.02 Å². The second-order valence-corrected chi connectivity index (χ2v) is 10.1. The summed E-state index contributed by atoms with van der Waals surface area (Å²) in [6, 6.07) is 12.4. The minimum absolute atomic E-state index is 0.236. The van der Waals surface area contributed by atoms with E-state index in [9.17, 15) is 0 Å². The first kappa shape index (κ1) is 25.5. The monoisotopic (exact) mass is 497 g/mol. The molecule has 9 heteroatoms. The van der Waals surface area contributed by atoms with Gasteiger partial charge in [-0.2, -0.15) is 5.26 Å². The standard InChI is InChI=1S/C25H31ClN6O.CH5N/c1-18-15-25(17-32(18)20-3-2-19(16-27)22(26)14-20)8-12-31(13-9-25)23-4-5-24(30-29-23)33-21-6-10-28-11-7-21;1-2/h2-5,14,18,21,28H,6-13,15,17H2,1H3;2H2,1H3. The van der Waals surface area contributed by atoms with E-state index in [1.54, 1.807) is 0 Å². The van der Waals surface area contributed by atoms with Gasteiger partial charge in [-0.05, 0) is 88.8 Å². The Morgan fingerprint density at radius 1 is 1.14 bits per heavy atom. The number of piperidine rings is 2. The maximum Gasteiger partial charge on any atom is 0.233 e. The van der Waals surface area contributed by atoms with E-state index < -0.39 is 0 Å². The lowest BCUT2D eigenvalue weighted by Gasteiger charge is -2.39. The van der Waals surface area contributed by atoms with Gasteiger partial charge in [-0.15, -0.1) is 10.2 Å². The van der Waals surface area contributed by atoms with E-state index in [1.165, 1.54) is 13.5 Å². The van der Waals surface area contributed by atoms with Crippen LogP contribution < -0.4 is 25.6 Å². The van der Waals surface area contributed by atoms with Gasteiger partial charge in [-0.3, -0.25) is 0 Å². The summed E-state index contributed by atoms with van der Waals surface area (Å²) in [7, 11) is 1.50. The number of aromatic nitrogens is 2. The summed E-state index contributed by atoms with van der Waals surface area (Å²) in [4.78, 5) is 4.80. The van der Waals surface area contributed by atoms with Crippen molar-refractivity contribution >= 4 is 23.1 Å². The normalized spacial score (nSPS) is 21.9. The largest absolute Gasteiger partial charge is 0.473 e. The molecule has 1 unspecified atom stereocenters. The molecule has 3 aliphatic rings. The van der Waals surface area contributed by atoms with Gasteiger partial charge in [0.05, 0.1) is 10.6 Å². The Balaban J connectivity index is 0.00000141. The van der Waals surface area contributed by atoms with Crippen LogP contribution >= 0.6 is 11.6 Å². The fraction of sp³-hybridized carbons (Fsp3) is 0.577. The first-order valence-electron chi connectivity index (χ1n) is 12.6. The molecular formula is C26H36ClN7O. The van der Waals surface area contributed by atoms with Crippen LogP contribution in [0.25, 0.3) is 0 Å². The van der Waals surface area contributed by atoms with Gasteiger partial charge in [0, 0.05) is 37.4 Å². The van der Waals surface area contributed by atoms with Crippen LogP contribution in [0.15, 0.2) is 30.3 Å². The molecule has 188 valence electrons. The molecule has 0 bridgehead atoms. The molecule has 0 amide bonds. The highest BCUT2D eigenvalue weighted by atomic mass is 35.5. The fourth-order valence-electron chi connectivity index (χ4n) is 5.64. The fourth-order valence-corrected chi connectivity index (χ4v) is 5.86. The van der Waals surface area contributed by atoms with Crippen molar-refractivity contribution in [1.82, 2.24) is 15.5 Å². The Labute approximate surface area is 213 Å². The quantitative estimate of drug-likeness (QED) is 0.660. The van der Waals surface area contributed by atoms with Crippen LogP contribution in [-0.2, 0) is 0 Å². The van der Waals surface area contributed by atoms with Crippen molar-refractivity contribution in [2.45, 2.75) is 51.2 Å². The van der Waals surface area contributed by atoms with E-state index in [0.29, 0.717) is 27.9 Å². The lowest BCUT2D eigenvalue weighted by atomic mass is 9.77. The SMILES string of the molecule is CC1CC2(CCN(c3ccc(OC4CCNCC4)nn3)CC2)CN1c1ccc(C#N)c(Cl)c1.CN. The predicted octanol–water partition coefficient (Wildman–Crippen LogP) is 3.59. The molecule has 3 aliphatic heterocycles. The summed E-state index contributed by atoms with van der Waals surface area (Å²) in [5.74, 6) is 1.56. The van der Waals surface area contributed by atoms with Crippen LogP contribution in [0.1, 0.15) is 44.6 Å². The van der Waals surface area contributed by atoms with Crippen molar-refractivity contribution in [2.75, 3.05) is 49.6 Å². The zero-order chi connectivity index (χ0) is 24.8. The average molecular weight is 498 g/mol. The highest BCUT2D eigenvalue weighted by Crippen LogP contribution is 2.45. The highest BCUT2D eigenvalue weighted by molar-refractivity contribution is 6.32. The molecule has 4 heterocycles. The zero-order valence-corrected chi connectivity index (χ0v) is 21.5. The van der Waals surface area contributed by atoms with Crippen LogP contribution in [0, 0.1) is 16.7 Å². The Bertz CT molecular complexity index is 1010. The number of rotatable bonds is 4. The molecule has 3 N–H and O–H groups in total. The van der Waals surface area contributed by atoms with Crippen LogP contribution in [0.5, 0.6) is 5.88 Å². The second-order valence-electron chi connectivity index (χ2n) is 9.74. The van der Waals surface area contributed by atoms with E-state index in [-0.39, 0.29) is 6.10 Å². The number of nitrogens with one attached hydrogen (secondary N) is 1. The maximum absolute atomic E-state index is 9.16. The van der Waals surface area contributed by atoms with Crippen molar-refractivity contribution in [1.29, 1.82) is 5.26 Å². The van der Waals surface area contributed by atoms with Gasteiger partial charge in [0.2, 0.25) is 5.88 Å². The number of nitriles is 1. The highest BCUT2D eigenvalue weighted by Gasteiger charge is 2.44. The molecule has 35 heavy (non-hydrogen) atoms. The van der Waals surface area contributed by atoms with E-state index in [2.05, 4.69) is 44.0 Å². The molecule has 1 aromatic carbocycles. The number of ether oxygens (including phenoxy) is 1. The molecule has 0 aliphatic carbocycles. The summed E-state index contributed by atoms with van der Waals surface area (Å²) in [6.07, 6.45) is 5.70. The molecule has 0 saturated carbocycles. The van der Waals surface area contributed by atoms with Crippen molar-refractivity contribution in [3.63, 3.8) is 0 Å². The number of benzene rings is 1. The van der Waals surface area contributed by atoms with Gasteiger partial charge in [0.1, 0.15) is 12.2 Å². The van der Waals surface area contributed by atoms with Crippen molar-refractivity contribution in [3.8, 4) is 11.9 Å². The number of hydrogen-bond donors (Lipinski definition) is 2. The van der Waals surface area contributed by atoms with Gasteiger partial charge in [0.15, 0.2) is 5.82 Å². The van der Waals surface area contributed by atoms with E-state index >= 15 is 0 Å². The van der Waals surface area contributed by atoms with E-state index in [4.69, 9.17) is 21.6 Å². The Morgan fingerprint density at radius 3 is 2.51 bits per heavy atom. The molecule has 3 fully saturated rings. The lowest BCUT2D eigenvalue weighted by Crippen LogP contribution is -2.42. The molecule has 5 rings (SSSR count). The summed E-state index contributed by atoms with van der Waals surface area (Å²) < 4.78 is 6.00. The summed E-state index contributed by atoms with van der Waals surface area (Å²) >= 11 is 6.31. The van der Waals surface area contributed by atoms with Gasteiger partial charge in [0.25, 0.3) is 0 Å². The lowest BCUT2D eigenvalue weighted by molar-refractivity contribution is 0.154. The van der Waals surface area contributed by atoms with Crippen LogP contribution in [0.3, 0.4) is 0 Å². The number of hydrogen-bond acceptors (Lipinski definition) is 8. The molecule has 0 radical (unpaired) electrons. The molecule has 1 spiro atoms. The molecule has 1 atom stereocenters. The average Bonchev–Trinajstić information content (AvgIpc) is 3.22. The summed E-state index contributed by atoms with van der Waals surface area (Å²) in [5, 5.41) is 21.9. The van der Waals surface area contributed by atoms with Crippen molar-refractivity contribution < 1.29 is 4.74 Å². The number of nitrogens with zero attached hydrogens (tertiary/aromatic N) is 5. The maximum atomic E-state index is 9.16. The van der Waals surface area contributed by atoms with E-state index in [1.807, 2.05) is 30.3 Å². The Morgan fingerprint density at radius 2 is 1.89 bits per heavy atom. The number of anilines is 2. The molecule has 3 saturated heterocycles. The van der Waals surface area contributed by atoms with Crippen molar-refractivity contribution in [2.24, 2.45) is 11.1 Å². The minimum Gasteiger partial charge on any atom is -0.473 e. The first-order valence-corrected chi connectivity index (χ1v) is 12.9. The Hall–Kier alpha value is -2.60.